The van der Waals surface area contributed by atoms with E-state index in [4.69, 9.17) is 9.47 Å². The maximum absolute atomic E-state index is 13.2. The minimum atomic E-state index is -0.659. The third-order valence-electron chi connectivity index (χ3n) is 5.08. The highest BCUT2D eigenvalue weighted by Gasteiger charge is 2.34. The van der Waals surface area contributed by atoms with Crippen molar-refractivity contribution in [3.05, 3.63) is 47.5 Å². The van der Waals surface area contributed by atoms with Crippen LogP contribution in [-0.2, 0) is 9.59 Å². The topological polar surface area (TPSA) is 97.0 Å². The number of anilines is 2. The molecule has 30 heavy (non-hydrogen) atoms. The molecule has 0 fully saturated rings. The molecule has 1 aliphatic rings. The van der Waals surface area contributed by atoms with Crippen molar-refractivity contribution in [2.24, 2.45) is 0 Å². The number of hydrogen-bond acceptors (Lipinski definition) is 5. The number of para-hydroxylation sites is 1. The van der Waals surface area contributed by atoms with Crippen LogP contribution in [0.2, 0.25) is 0 Å². The van der Waals surface area contributed by atoms with Crippen molar-refractivity contribution in [2.45, 2.75) is 19.3 Å². The molecule has 2 aromatic carbocycles. The molecule has 0 radical (unpaired) electrons. The summed E-state index contributed by atoms with van der Waals surface area (Å²) >= 11 is 0. The lowest BCUT2D eigenvalue weighted by atomic mass is 9.89. The van der Waals surface area contributed by atoms with E-state index in [1.165, 1.54) is 20.3 Å². The van der Waals surface area contributed by atoms with E-state index in [2.05, 4.69) is 10.6 Å². The summed E-state index contributed by atoms with van der Waals surface area (Å²) < 4.78 is 10.8. The molecule has 0 aromatic heterocycles. The fourth-order valence-electron chi connectivity index (χ4n) is 3.55. The van der Waals surface area contributed by atoms with Crippen LogP contribution in [0.1, 0.15) is 35.2 Å². The molecule has 3 amide bonds. The highest BCUT2D eigenvalue weighted by Crippen LogP contribution is 2.39. The molecule has 158 valence electrons. The first-order valence-electron chi connectivity index (χ1n) is 9.61. The molecule has 2 aromatic rings. The monoisotopic (exact) mass is 411 g/mol. The first-order valence-corrected chi connectivity index (χ1v) is 9.61. The largest absolute Gasteiger partial charge is 0.493 e. The summed E-state index contributed by atoms with van der Waals surface area (Å²) in [4.78, 5) is 39.5. The second-order valence-electron chi connectivity index (χ2n) is 6.88. The van der Waals surface area contributed by atoms with Crippen LogP contribution in [0.15, 0.2) is 36.4 Å². The Kier molecular flexibility index (Phi) is 6.25. The van der Waals surface area contributed by atoms with Crippen molar-refractivity contribution in [3.8, 4) is 11.5 Å². The Morgan fingerprint density at radius 3 is 2.57 bits per heavy atom. The van der Waals surface area contributed by atoms with Gasteiger partial charge < -0.3 is 25.0 Å². The predicted octanol–water partition coefficient (Wildman–Crippen LogP) is 2.54. The van der Waals surface area contributed by atoms with Gasteiger partial charge in [-0.15, -0.1) is 0 Å². The number of nitrogens with zero attached hydrogens (tertiary/aromatic N) is 1. The Morgan fingerprint density at radius 1 is 1.17 bits per heavy atom. The van der Waals surface area contributed by atoms with Crippen LogP contribution in [-0.4, -0.2) is 45.5 Å². The van der Waals surface area contributed by atoms with Crippen LogP contribution >= 0.6 is 0 Å². The van der Waals surface area contributed by atoms with Crippen molar-refractivity contribution in [2.75, 3.05) is 38.0 Å². The number of carbonyl (C=O) groups excluding carboxylic acids is 3. The number of methoxy groups -OCH3 is 2. The van der Waals surface area contributed by atoms with Crippen molar-refractivity contribution in [3.63, 3.8) is 0 Å². The normalized spacial score (nSPS) is 15.3. The van der Waals surface area contributed by atoms with Crippen LogP contribution in [0.5, 0.6) is 11.5 Å². The SMILES string of the molecule is CCNC(=O)c1cc(NC(=O)C2CC(=O)N(C)c3ccccc32)c(OC)c(OC)c1. The fourth-order valence-corrected chi connectivity index (χ4v) is 3.55. The molecule has 0 saturated heterocycles. The second kappa shape index (κ2) is 8.86. The number of ether oxygens (including phenoxy) is 2. The molecule has 2 N–H and O–H groups in total. The van der Waals surface area contributed by atoms with Gasteiger partial charge in [-0.2, -0.15) is 0 Å². The molecule has 8 nitrogen and oxygen atoms in total. The standard InChI is InChI=1S/C22H25N3O5/c1-5-23-21(27)13-10-16(20(30-4)18(11-13)29-3)24-22(28)15-12-19(26)25(2)17-9-7-6-8-14(15)17/h6-11,15H,5,12H2,1-4H3,(H,23,27)(H,24,28). The highest BCUT2D eigenvalue weighted by atomic mass is 16.5. The molecule has 0 spiro atoms. The van der Waals surface area contributed by atoms with Crippen LogP contribution in [0, 0.1) is 0 Å². The number of amides is 3. The van der Waals surface area contributed by atoms with Crippen LogP contribution in [0.3, 0.4) is 0 Å². The lowest BCUT2D eigenvalue weighted by Crippen LogP contribution is -2.37. The Morgan fingerprint density at radius 2 is 1.90 bits per heavy atom. The number of benzene rings is 2. The minimum absolute atomic E-state index is 0.0504. The maximum atomic E-state index is 13.2. The van der Waals surface area contributed by atoms with Crippen LogP contribution in [0.4, 0.5) is 11.4 Å². The van der Waals surface area contributed by atoms with Crippen molar-refractivity contribution >= 4 is 29.1 Å². The average molecular weight is 411 g/mol. The molecule has 3 rings (SSSR count). The molecular formula is C22H25N3O5. The van der Waals surface area contributed by atoms with E-state index in [1.54, 1.807) is 18.0 Å². The Labute approximate surface area is 175 Å². The fraction of sp³-hybridized carbons (Fsp3) is 0.318. The number of hydrogen-bond donors (Lipinski definition) is 2. The summed E-state index contributed by atoms with van der Waals surface area (Å²) in [5.41, 5.74) is 2.09. The van der Waals surface area contributed by atoms with Crippen molar-refractivity contribution in [1.29, 1.82) is 0 Å². The van der Waals surface area contributed by atoms with E-state index >= 15 is 0 Å². The summed E-state index contributed by atoms with van der Waals surface area (Å²) in [6.07, 6.45) is 0.0504. The molecule has 1 heterocycles. The van der Waals surface area contributed by atoms with E-state index in [-0.39, 0.29) is 24.1 Å². The van der Waals surface area contributed by atoms with E-state index < -0.39 is 5.92 Å². The molecule has 0 bridgehead atoms. The molecule has 0 saturated carbocycles. The van der Waals surface area contributed by atoms with E-state index in [9.17, 15) is 14.4 Å². The molecule has 8 heteroatoms. The predicted molar refractivity (Wildman–Crippen MR) is 113 cm³/mol. The van der Waals surface area contributed by atoms with Gasteiger partial charge in [0.05, 0.1) is 25.8 Å². The zero-order valence-corrected chi connectivity index (χ0v) is 17.4. The van der Waals surface area contributed by atoms with Crippen molar-refractivity contribution in [1.82, 2.24) is 5.32 Å². The van der Waals surface area contributed by atoms with E-state index in [0.29, 0.717) is 35.0 Å². The van der Waals surface area contributed by atoms with Gasteiger partial charge in [-0.3, -0.25) is 14.4 Å². The van der Waals surface area contributed by atoms with Crippen molar-refractivity contribution < 1.29 is 23.9 Å². The molecule has 1 aliphatic heterocycles. The van der Waals surface area contributed by atoms with Crippen LogP contribution in [0.25, 0.3) is 0 Å². The van der Waals surface area contributed by atoms with Gasteiger partial charge in [0.1, 0.15) is 0 Å². The summed E-state index contributed by atoms with van der Waals surface area (Å²) in [6, 6.07) is 10.4. The van der Waals surface area contributed by atoms with E-state index in [0.717, 1.165) is 5.56 Å². The van der Waals surface area contributed by atoms with Gasteiger partial charge >= 0.3 is 0 Å². The third-order valence-corrected chi connectivity index (χ3v) is 5.08. The lowest BCUT2D eigenvalue weighted by Gasteiger charge is -2.31. The average Bonchev–Trinajstić information content (AvgIpc) is 2.75. The van der Waals surface area contributed by atoms with Gasteiger partial charge in [0, 0.05) is 31.3 Å². The number of nitrogens with one attached hydrogen (secondary N) is 2. The number of fused-ring (bicyclic) bond motifs is 1. The molecule has 1 atom stereocenters. The summed E-state index contributed by atoms with van der Waals surface area (Å²) in [5.74, 6) is -0.850. The van der Waals surface area contributed by atoms with Gasteiger partial charge in [0.15, 0.2) is 11.5 Å². The number of rotatable bonds is 6. The van der Waals surface area contributed by atoms with E-state index in [1.807, 2.05) is 31.2 Å². The smallest absolute Gasteiger partial charge is 0.251 e. The first kappa shape index (κ1) is 21.2. The molecule has 0 aliphatic carbocycles. The Balaban J connectivity index is 1.98. The molecule has 1 unspecified atom stereocenters. The van der Waals surface area contributed by atoms with Gasteiger partial charge in [-0.1, -0.05) is 18.2 Å². The highest BCUT2D eigenvalue weighted by molar-refractivity contribution is 6.07. The summed E-state index contributed by atoms with van der Waals surface area (Å²) in [6.45, 7) is 2.28. The Bertz CT molecular complexity index is 989. The summed E-state index contributed by atoms with van der Waals surface area (Å²) in [5, 5.41) is 5.54. The maximum Gasteiger partial charge on any atom is 0.251 e. The van der Waals surface area contributed by atoms with Gasteiger partial charge in [0.25, 0.3) is 5.91 Å². The number of carbonyl (C=O) groups is 3. The van der Waals surface area contributed by atoms with Gasteiger partial charge in [-0.25, -0.2) is 0 Å². The second-order valence-corrected chi connectivity index (χ2v) is 6.88. The van der Waals surface area contributed by atoms with Gasteiger partial charge in [-0.05, 0) is 30.7 Å². The lowest BCUT2D eigenvalue weighted by molar-refractivity contribution is -0.124. The first-order chi connectivity index (χ1) is 14.4. The van der Waals surface area contributed by atoms with Crippen LogP contribution < -0.4 is 25.0 Å². The Hall–Kier alpha value is -3.55. The van der Waals surface area contributed by atoms with Gasteiger partial charge in [0.2, 0.25) is 11.8 Å². The summed E-state index contributed by atoms with van der Waals surface area (Å²) in [7, 11) is 4.60. The third kappa shape index (κ3) is 3.94. The zero-order valence-electron chi connectivity index (χ0n) is 17.4. The zero-order chi connectivity index (χ0) is 21.8. The molecular weight excluding hydrogens is 386 g/mol. The minimum Gasteiger partial charge on any atom is -0.493 e. The quantitative estimate of drug-likeness (QED) is 0.761.